The molecule has 0 bridgehead atoms. The third-order valence-electron chi connectivity index (χ3n) is 9.33. The van der Waals surface area contributed by atoms with E-state index in [1.54, 1.807) is 18.2 Å². The monoisotopic (exact) mass is 681 g/mol. The zero-order valence-electron chi connectivity index (χ0n) is 25.7. The summed E-state index contributed by atoms with van der Waals surface area (Å²) in [6.07, 6.45) is -11.2. The number of anilines is 1. The molecule has 8 nitrogen and oxygen atoms in total. The molecule has 3 aromatic rings. The number of carbonyl (C=O) groups is 2. The lowest BCUT2D eigenvalue weighted by molar-refractivity contribution is -0.145. The second kappa shape index (κ2) is 12.2. The maximum atomic E-state index is 15.2. The number of alkyl halides is 6. The topological polar surface area (TPSA) is 92.2 Å². The predicted molar refractivity (Wildman–Crippen MR) is 157 cm³/mol. The van der Waals surface area contributed by atoms with Gasteiger partial charge in [0.15, 0.2) is 0 Å². The van der Waals surface area contributed by atoms with Crippen molar-refractivity contribution in [2.45, 2.75) is 63.1 Å². The summed E-state index contributed by atoms with van der Waals surface area (Å²) in [5.74, 6) is -1.76. The number of halogens is 7. The molecular formula is C33H30F7N3O5. The van der Waals surface area contributed by atoms with E-state index in [4.69, 9.17) is 14.5 Å². The molecule has 15 heteroatoms. The minimum absolute atomic E-state index is 0.00987. The van der Waals surface area contributed by atoms with Crippen LogP contribution in [0.3, 0.4) is 0 Å². The highest BCUT2D eigenvalue weighted by Gasteiger charge is 2.44. The van der Waals surface area contributed by atoms with Crippen LogP contribution in [0.1, 0.15) is 66.2 Å². The zero-order chi connectivity index (χ0) is 34.7. The number of aromatic nitrogens is 1. The molecule has 1 saturated carbocycles. The van der Waals surface area contributed by atoms with Crippen molar-refractivity contribution in [1.82, 2.24) is 9.88 Å². The molecule has 48 heavy (non-hydrogen) atoms. The normalized spacial score (nSPS) is 22.6. The van der Waals surface area contributed by atoms with Gasteiger partial charge in [0.2, 0.25) is 0 Å². The Morgan fingerprint density at radius 2 is 1.65 bits per heavy atom. The van der Waals surface area contributed by atoms with Crippen LogP contribution in [0.4, 0.5) is 41.3 Å². The van der Waals surface area contributed by atoms with Crippen molar-refractivity contribution in [2.75, 3.05) is 25.1 Å². The summed E-state index contributed by atoms with van der Waals surface area (Å²) in [7, 11) is 1.35. The fraction of sp³-hybridized carbons (Fsp3) is 0.424. The molecule has 0 radical (unpaired) electrons. The van der Waals surface area contributed by atoms with Gasteiger partial charge in [0.25, 0.3) is 0 Å². The molecule has 1 aromatic heterocycles. The van der Waals surface area contributed by atoms with Crippen LogP contribution in [0, 0.1) is 11.7 Å². The van der Waals surface area contributed by atoms with Crippen LogP contribution in [-0.4, -0.2) is 53.3 Å². The molecule has 1 N–H and O–H groups in total. The summed E-state index contributed by atoms with van der Waals surface area (Å²) in [6.45, 7) is 2.65. The van der Waals surface area contributed by atoms with E-state index in [1.165, 1.54) is 25.0 Å². The van der Waals surface area contributed by atoms with Gasteiger partial charge in [0.05, 0.1) is 42.4 Å². The summed E-state index contributed by atoms with van der Waals surface area (Å²) < 4.78 is 108. The summed E-state index contributed by atoms with van der Waals surface area (Å²) >= 11 is 0. The number of carbonyl (C=O) groups excluding carboxylic acids is 1. The highest BCUT2D eigenvalue weighted by Crippen LogP contribution is 2.47. The first-order valence-corrected chi connectivity index (χ1v) is 15.2. The fourth-order valence-corrected chi connectivity index (χ4v) is 6.38. The first-order valence-electron chi connectivity index (χ1n) is 15.2. The fourth-order valence-electron chi connectivity index (χ4n) is 6.38. The molecule has 2 aromatic carbocycles. The van der Waals surface area contributed by atoms with Gasteiger partial charge in [-0.2, -0.15) is 26.3 Å². The van der Waals surface area contributed by atoms with Crippen LogP contribution < -0.4 is 9.64 Å². The number of amides is 1. The Balaban J connectivity index is 1.38. The second-order valence-electron chi connectivity index (χ2n) is 12.3. The van der Waals surface area contributed by atoms with Gasteiger partial charge in [-0.1, -0.05) is 0 Å². The summed E-state index contributed by atoms with van der Waals surface area (Å²) in [4.78, 5) is 32.5. The highest BCUT2D eigenvalue weighted by atomic mass is 19.4. The SMILES string of the molecule is COc1cc(F)c([C@H]2C[C@@H](C(=O)O)C2)cc1-c1ccc(N2CCC2)nc1CN1C(=O)O[C@H](c2cc(C(F)(F)F)cc(C(F)(F)F)c2)[C@@H]1C. The van der Waals surface area contributed by atoms with E-state index in [2.05, 4.69) is 0 Å². The molecule has 1 aliphatic carbocycles. The number of hydrogen-bond acceptors (Lipinski definition) is 6. The second-order valence-corrected chi connectivity index (χ2v) is 12.3. The number of rotatable bonds is 8. The summed E-state index contributed by atoms with van der Waals surface area (Å²) in [6, 6.07) is 6.32. The number of aliphatic carboxylic acids is 1. The Kier molecular flexibility index (Phi) is 8.44. The van der Waals surface area contributed by atoms with Gasteiger partial charge in [-0.25, -0.2) is 14.2 Å². The van der Waals surface area contributed by atoms with Crippen molar-refractivity contribution < 1.29 is 54.9 Å². The first-order chi connectivity index (χ1) is 22.5. The molecule has 3 fully saturated rings. The van der Waals surface area contributed by atoms with Crippen molar-refractivity contribution in [3.05, 3.63) is 76.2 Å². The highest BCUT2D eigenvalue weighted by molar-refractivity contribution is 5.77. The van der Waals surface area contributed by atoms with Crippen LogP contribution in [0.15, 0.2) is 42.5 Å². The van der Waals surface area contributed by atoms with E-state index < -0.39 is 65.0 Å². The van der Waals surface area contributed by atoms with Crippen LogP contribution in [0.5, 0.6) is 5.75 Å². The molecule has 6 rings (SSSR count). The van der Waals surface area contributed by atoms with Crippen molar-refractivity contribution in [3.63, 3.8) is 0 Å². The Morgan fingerprint density at radius 3 is 2.19 bits per heavy atom. The molecule has 2 atom stereocenters. The van der Waals surface area contributed by atoms with Crippen LogP contribution >= 0.6 is 0 Å². The molecule has 0 unspecified atom stereocenters. The molecule has 3 aliphatic rings. The third kappa shape index (κ3) is 6.21. The van der Waals surface area contributed by atoms with Gasteiger partial charge in [0.1, 0.15) is 23.5 Å². The number of nitrogens with zero attached hydrogens (tertiary/aromatic N) is 3. The Labute approximate surface area is 270 Å². The first kappa shape index (κ1) is 33.3. The van der Waals surface area contributed by atoms with E-state index in [0.29, 0.717) is 40.3 Å². The molecule has 3 heterocycles. The van der Waals surface area contributed by atoms with E-state index in [9.17, 15) is 41.0 Å². The standard InChI is InChI=1S/C33H30F7N3O5/c1-16-29(18-10-20(32(35,36)37)12-21(11-18)33(38,39)40)48-31(46)43(16)15-26-22(4-5-28(41-26)42-6-3-7-42)24-13-23(25(34)14-27(24)47-2)17-8-19(9-17)30(44)45/h4-5,10-14,16-17,19,29H,3,6-9,15H2,1-2H3,(H,44,45)/t16-,17-,19+,29-/m0/s1. The predicted octanol–water partition coefficient (Wildman–Crippen LogP) is 7.80. The quantitative estimate of drug-likeness (QED) is 0.243. The lowest BCUT2D eigenvalue weighted by atomic mass is 9.71. The van der Waals surface area contributed by atoms with Gasteiger partial charge in [0, 0.05) is 30.3 Å². The number of pyridine rings is 1. The molecule has 2 saturated heterocycles. The maximum absolute atomic E-state index is 15.2. The minimum Gasteiger partial charge on any atom is -0.496 e. The Bertz CT molecular complexity index is 1720. The number of cyclic esters (lactones) is 1. The van der Waals surface area contributed by atoms with E-state index >= 15 is 4.39 Å². The van der Waals surface area contributed by atoms with Gasteiger partial charge in [-0.05, 0) is 79.6 Å². The number of hydrogen-bond donors (Lipinski definition) is 1. The third-order valence-corrected chi connectivity index (χ3v) is 9.33. The van der Waals surface area contributed by atoms with E-state index in [1.807, 2.05) is 4.90 Å². The van der Waals surface area contributed by atoms with Gasteiger partial charge in [-0.15, -0.1) is 0 Å². The number of ether oxygens (including phenoxy) is 2. The van der Waals surface area contributed by atoms with E-state index in [-0.39, 0.29) is 37.1 Å². The van der Waals surface area contributed by atoms with Crippen LogP contribution in [0.2, 0.25) is 0 Å². The lowest BCUT2D eigenvalue weighted by Crippen LogP contribution is -2.38. The molecule has 256 valence electrons. The molecule has 2 aliphatic heterocycles. The number of methoxy groups -OCH3 is 1. The number of carboxylic acid groups (broad SMARTS) is 1. The Morgan fingerprint density at radius 1 is 1.00 bits per heavy atom. The van der Waals surface area contributed by atoms with Gasteiger partial charge < -0.3 is 19.5 Å². The number of benzene rings is 2. The lowest BCUT2D eigenvalue weighted by Gasteiger charge is -2.34. The summed E-state index contributed by atoms with van der Waals surface area (Å²) in [5.41, 5.74) is -2.07. The molecular weight excluding hydrogens is 651 g/mol. The largest absolute Gasteiger partial charge is 0.496 e. The average molecular weight is 682 g/mol. The zero-order valence-corrected chi connectivity index (χ0v) is 25.7. The van der Waals surface area contributed by atoms with E-state index in [0.717, 1.165) is 19.5 Å². The van der Waals surface area contributed by atoms with Crippen molar-refractivity contribution in [1.29, 1.82) is 0 Å². The molecule has 0 spiro atoms. The molecule has 1 amide bonds. The van der Waals surface area contributed by atoms with Crippen LogP contribution in [0.25, 0.3) is 11.1 Å². The van der Waals surface area contributed by atoms with Crippen molar-refractivity contribution >= 4 is 17.9 Å². The average Bonchev–Trinajstić information content (AvgIpc) is 3.23. The van der Waals surface area contributed by atoms with Crippen molar-refractivity contribution in [2.24, 2.45) is 5.92 Å². The smallest absolute Gasteiger partial charge is 0.416 e. The van der Waals surface area contributed by atoms with Crippen LogP contribution in [-0.2, 0) is 28.4 Å². The minimum atomic E-state index is -5.08. The number of carboxylic acids is 1. The summed E-state index contributed by atoms with van der Waals surface area (Å²) in [5, 5.41) is 9.31. The van der Waals surface area contributed by atoms with Gasteiger partial charge in [-0.3, -0.25) is 9.69 Å². The Hall–Kier alpha value is -4.56. The maximum Gasteiger partial charge on any atom is 0.416 e. The van der Waals surface area contributed by atoms with Gasteiger partial charge >= 0.3 is 24.4 Å². The van der Waals surface area contributed by atoms with Crippen molar-refractivity contribution in [3.8, 4) is 16.9 Å².